The van der Waals surface area contributed by atoms with E-state index in [2.05, 4.69) is 13.8 Å². The molecule has 3 nitrogen and oxygen atoms in total. The molecular formula is C16H21NO2S2. The summed E-state index contributed by atoms with van der Waals surface area (Å²) in [5.74, 6) is 1.40. The van der Waals surface area contributed by atoms with Crippen molar-refractivity contribution in [1.82, 2.24) is 4.90 Å². The van der Waals surface area contributed by atoms with E-state index in [-0.39, 0.29) is 0 Å². The predicted molar refractivity (Wildman–Crippen MR) is 95.0 cm³/mol. The van der Waals surface area contributed by atoms with Gasteiger partial charge in [0.25, 0.3) is 0 Å². The lowest BCUT2D eigenvalue weighted by atomic mass is 10.2. The molecule has 0 aliphatic heterocycles. The monoisotopic (exact) mass is 323 g/mol. The Bertz CT molecular complexity index is 527. The van der Waals surface area contributed by atoms with Crippen molar-refractivity contribution in [2.75, 3.05) is 19.9 Å². The zero-order valence-corrected chi connectivity index (χ0v) is 14.5. The first-order valence-corrected chi connectivity index (χ1v) is 8.06. The Morgan fingerprint density at radius 1 is 1.48 bits per heavy atom. The molecule has 1 aromatic carbocycles. The van der Waals surface area contributed by atoms with Crippen molar-refractivity contribution in [3.8, 4) is 5.75 Å². The lowest BCUT2D eigenvalue weighted by Gasteiger charge is -2.24. The van der Waals surface area contributed by atoms with Gasteiger partial charge in [0, 0.05) is 23.7 Å². The lowest BCUT2D eigenvalue weighted by molar-refractivity contribution is -0.104. The molecule has 0 saturated carbocycles. The zero-order valence-electron chi connectivity index (χ0n) is 12.8. The van der Waals surface area contributed by atoms with Gasteiger partial charge in [-0.05, 0) is 37.6 Å². The smallest absolute Gasteiger partial charge is 0.156 e. The molecule has 0 N–H and O–H groups in total. The van der Waals surface area contributed by atoms with E-state index in [0.717, 1.165) is 22.6 Å². The Morgan fingerprint density at radius 2 is 2.19 bits per heavy atom. The first kappa shape index (κ1) is 17.7. The quantitative estimate of drug-likeness (QED) is 0.434. The topological polar surface area (TPSA) is 29.5 Å². The fourth-order valence-corrected chi connectivity index (χ4v) is 2.71. The summed E-state index contributed by atoms with van der Waals surface area (Å²) in [5, 5.41) is 0. The minimum absolute atomic E-state index is 0.361. The van der Waals surface area contributed by atoms with Crippen molar-refractivity contribution < 1.29 is 9.53 Å². The number of benzene rings is 1. The second kappa shape index (κ2) is 8.85. The molecule has 0 aliphatic rings. The average Bonchev–Trinajstić information content (AvgIpc) is 2.50. The number of nitrogens with zero attached hydrogens (tertiary/aromatic N) is 1. The van der Waals surface area contributed by atoms with Crippen LogP contribution >= 0.6 is 24.0 Å². The normalized spacial score (nSPS) is 11.4. The number of methoxy groups -OCH3 is 1. The highest BCUT2D eigenvalue weighted by Crippen LogP contribution is 2.21. The zero-order chi connectivity index (χ0) is 15.8. The molecule has 0 heterocycles. The third kappa shape index (κ3) is 5.89. The SMILES string of the molecule is COc1cccc(/C=C(/C=O)SCC(=S)N(C)C(C)C)c1. The number of aldehydes is 1. The van der Waals surface area contributed by atoms with E-state index < -0.39 is 0 Å². The highest BCUT2D eigenvalue weighted by Gasteiger charge is 2.09. The molecule has 0 fully saturated rings. The predicted octanol–water partition coefficient (Wildman–Crippen LogP) is 3.64. The molecule has 0 atom stereocenters. The molecule has 1 aromatic rings. The third-order valence-corrected chi connectivity index (χ3v) is 4.63. The van der Waals surface area contributed by atoms with Gasteiger partial charge >= 0.3 is 0 Å². The van der Waals surface area contributed by atoms with Gasteiger partial charge in [0.15, 0.2) is 6.29 Å². The Hall–Kier alpha value is -1.33. The van der Waals surface area contributed by atoms with Gasteiger partial charge < -0.3 is 9.64 Å². The number of thioether (sulfide) groups is 1. The van der Waals surface area contributed by atoms with Crippen LogP contribution in [0, 0.1) is 0 Å². The van der Waals surface area contributed by atoms with E-state index in [9.17, 15) is 4.79 Å². The van der Waals surface area contributed by atoms with Crippen LogP contribution < -0.4 is 4.74 Å². The molecule has 21 heavy (non-hydrogen) atoms. The minimum atomic E-state index is 0.361. The standard InChI is InChI=1S/C16H21NO2S2/c1-12(2)17(3)16(20)11-21-15(10-18)9-13-6-5-7-14(8-13)19-4/h5-10,12H,11H2,1-4H3/b15-9-. The molecule has 0 radical (unpaired) electrons. The summed E-state index contributed by atoms with van der Waals surface area (Å²) < 4.78 is 5.17. The van der Waals surface area contributed by atoms with Crippen LogP contribution in [0.1, 0.15) is 19.4 Å². The number of carbonyl (C=O) groups is 1. The summed E-state index contributed by atoms with van der Waals surface area (Å²) >= 11 is 6.82. The van der Waals surface area contributed by atoms with Crippen molar-refractivity contribution in [3.63, 3.8) is 0 Å². The Balaban J connectivity index is 2.72. The Morgan fingerprint density at radius 3 is 2.76 bits per heavy atom. The molecule has 114 valence electrons. The fraction of sp³-hybridized carbons (Fsp3) is 0.375. The van der Waals surface area contributed by atoms with Gasteiger partial charge in [0.05, 0.1) is 12.1 Å². The molecule has 0 spiro atoms. The number of rotatable bonds is 7. The lowest BCUT2D eigenvalue weighted by Crippen LogP contribution is -2.32. The van der Waals surface area contributed by atoms with Crippen LogP contribution in [0.5, 0.6) is 5.75 Å². The third-order valence-electron chi connectivity index (χ3n) is 3.05. The van der Waals surface area contributed by atoms with E-state index in [1.54, 1.807) is 7.11 Å². The molecule has 0 aromatic heterocycles. The van der Waals surface area contributed by atoms with Gasteiger partial charge in [0.1, 0.15) is 5.75 Å². The summed E-state index contributed by atoms with van der Waals surface area (Å²) in [4.78, 5) is 14.7. The highest BCUT2D eigenvalue weighted by atomic mass is 32.2. The van der Waals surface area contributed by atoms with Gasteiger partial charge in [-0.2, -0.15) is 0 Å². The van der Waals surface area contributed by atoms with Crippen LogP contribution in [-0.2, 0) is 4.79 Å². The van der Waals surface area contributed by atoms with Crippen molar-refractivity contribution in [3.05, 3.63) is 34.7 Å². The van der Waals surface area contributed by atoms with Gasteiger partial charge in [-0.1, -0.05) is 24.4 Å². The van der Waals surface area contributed by atoms with Crippen LogP contribution in [0.2, 0.25) is 0 Å². The number of allylic oxidation sites excluding steroid dienone is 1. The summed E-state index contributed by atoms with van der Waals surface area (Å²) in [6.45, 7) is 4.17. The van der Waals surface area contributed by atoms with Crippen LogP contribution in [0.4, 0.5) is 0 Å². The molecule has 0 saturated heterocycles. The van der Waals surface area contributed by atoms with Crippen molar-refractivity contribution in [2.45, 2.75) is 19.9 Å². The van der Waals surface area contributed by atoms with E-state index in [1.807, 2.05) is 42.3 Å². The van der Waals surface area contributed by atoms with Crippen molar-refractivity contribution >= 4 is 41.3 Å². The first-order chi connectivity index (χ1) is 9.97. The summed E-state index contributed by atoms with van der Waals surface area (Å²) in [7, 11) is 3.60. The van der Waals surface area contributed by atoms with Crippen molar-refractivity contribution in [1.29, 1.82) is 0 Å². The largest absolute Gasteiger partial charge is 0.497 e. The van der Waals surface area contributed by atoms with Gasteiger partial charge in [-0.3, -0.25) is 4.79 Å². The minimum Gasteiger partial charge on any atom is -0.497 e. The second-order valence-corrected chi connectivity index (χ2v) is 6.35. The molecule has 0 unspecified atom stereocenters. The molecule has 0 amide bonds. The maximum absolute atomic E-state index is 11.2. The van der Waals surface area contributed by atoms with Crippen LogP contribution in [0.15, 0.2) is 29.2 Å². The van der Waals surface area contributed by atoms with Crippen LogP contribution in [0.25, 0.3) is 6.08 Å². The number of carbonyl (C=O) groups excluding carboxylic acids is 1. The van der Waals surface area contributed by atoms with Gasteiger partial charge in [0.2, 0.25) is 0 Å². The molecule has 5 heteroatoms. The fourth-order valence-electron chi connectivity index (χ4n) is 1.54. The molecule has 0 bridgehead atoms. The van der Waals surface area contributed by atoms with Crippen LogP contribution in [0.3, 0.4) is 0 Å². The van der Waals surface area contributed by atoms with E-state index >= 15 is 0 Å². The Labute approximate surface area is 136 Å². The Kier molecular flexibility index (Phi) is 7.47. The maximum atomic E-state index is 11.2. The summed E-state index contributed by atoms with van der Waals surface area (Å²) in [6, 6.07) is 7.96. The number of ether oxygens (including phenoxy) is 1. The van der Waals surface area contributed by atoms with E-state index in [4.69, 9.17) is 17.0 Å². The molecular weight excluding hydrogens is 302 g/mol. The highest BCUT2D eigenvalue weighted by molar-refractivity contribution is 8.05. The van der Waals surface area contributed by atoms with Gasteiger partial charge in [-0.15, -0.1) is 11.8 Å². The van der Waals surface area contributed by atoms with E-state index in [1.165, 1.54) is 11.8 Å². The summed E-state index contributed by atoms with van der Waals surface area (Å²) in [5.41, 5.74) is 0.937. The number of hydrogen-bond donors (Lipinski definition) is 0. The molecule has 0 aliphatic carbocycles. The number of hydrogen-bond acceptors (Lipinski definition) is 4. The van der Waals surface area contributed by atoms with Gasteiger partial charge in [-0.25, -0.2) is 0 Å². The second-order valence-electron chi connectivity index (χ2n) is 4.83. The first-order valence-electron chi connectivity index (χ1n) is 6.67. The summed E-state index contributed by atoms with van der Waals surface area (Å²) in [6.07, 6.45) is 2.71. The number of thiocarbonyl (C=S) groups is 1. The maximum Gasteiger partial charge on any atom is 0.156 e. The van der Waals surface area contributed by atoms with E-state index in [0.29, 0.717) is 16.7 Å². The molecule has 1 rings (SSSR count). The van der Waals surface area contributed by atoms with Crippen molar-refractivity contribution in [2.24, 2.45) is 0 Å². The average molecular weight is 323 g/mol. The van der Waals surface area contributed by atoms with Crippen LogP contribution in [-0.4, -0.2) is 42.1 Å².